The van der Waals surface area contributed by atoms with Crippen molar-refractivity contribution in [2.75, 3.05) is 6.54 Å². The first-order chi connectivity index (χ1) is 8.58. The van der Waals surface area contributed by atoms with Crippen molar-refractivity contribution in [3.8, 4) is 0 Å². The molecular formula is C14H18ClNO2. The van der Waals surface area contributed by atoms with Crippen molar-refractivity contribution in [1.82, 2.24) is 4.90 Å². The minimum absolute atomic E-state index is 0.340. The van der Waals surface area contributed by atoms with Gasteiger partial charge in [0.15, 0.2) is 0 Å². The third-order valence-corrected chi connectivity index (χ3v) is 3.69. The van der Waals surface area contributed by atoms with Crippen LogP contribution in [0.3, 0.4) is 0 Å². The predicted molar refractivity (Wildman–Crippen MR) is 71.7 cm³/mol. The minimum Gasteiger partial charge on any atom is -0.481 e. The Morgan fingerprint density at radius 2 is 2.17 bits per heavy atom. The van der Waals surface area contributed by atoms with Gasteiger partial charge >= 0.3 is 5.97 Å². The lowest BCUT2D eigenvalue weighted by atomic mass is 10.1. The summed E-state index contributed by atoms with van der Waals surface area (Å²) in [6.07, 6.45) is 2.33. The number of rotatable bonds is 6. The van der Waals surface area contributed by atoms with Gasteiger partial charge in [0.1, 0.15) is 0 Å². The third kappa shape index (κ3) is 3.47. The van der Waals surface area contributed by atoms with Crippen LogP contribution in [0.5, 0.6) is 0 Å². The molecule has 2 rings (SSSR count). The highest BCUT2D eigenvalue weighted by Gasteiger charge is 2.31. The molecule has 1 aromatic rings. The summed E-state index contributed by atoms with van der Waals surface area (Å²) in [4.78, 5) is 13.2. The number of carbonyl (C=O) groups is 1. The van der Waals surface area contributed by atoms with Crippen LogP contribution < -0.4 is 0 Å². The molecule has 1 unspecified atom stereocenters. The van der Waals surface area contributed by atoms with Crippen LogP contribution in [0.2, 0.25) is 5.02 Å². The number of hydrogen-bond acceptors (Lipinski definition) is 2. The van der Waals surface area contributed by atoms with Gasteiger partial charge in [-0.25, -0.2) is 0 Å². The average molecular weight is 268 g/mol. The molecule has 1 saturated carbocycles. The number of nitrogens with zero attached hydrogens (tertiary/aromatic N) is 1. The van der Waals surface area contributed by atoms with Crippen LogP contribution >= 0.6 is 11.6 Å². The minimum atomic E-state index is -0.736. The van der Waals surface area contributed by atoms with Crippen LogP contribution in [0, 0.1) is 5.92 Å². The summed E-state index contributed by atoms with van der Waals surface area (Å²) in [7, 11) is 0. The molecular weight excluding hydrogens is 250 g/mol. The van der Waals surface area contributed by atoms with Gasteiger partial charge in [0.25, 0.3) is 0 Å². The number of benzene rings is 1. The van der Waals surface area contributed by atoms with E-state index in [2.05, 4.69) is 4.90 Å². The van der Waals surface area contributed by atoms with Crippen molar-refractivity contribution in [2.45, 2.75) is 32.4 Å². The predicted octanol–water partition coefficient (Wildman–Crippen LogP) is 3.03. The van der Waals surface area contributed by atoms with Crippen molar-refractivity contribution in [3.05, 3.63) is 34.9 Å². The molecule has 1 aliphatic rings. The molecule has 1 fully saturated rings. The molecule has 0 amide bonds. The van der Waals surface area contributed by atoms with E-state index >= 15 is 0 Å². The second-order valence-corrected chi connectivity index (χ2v) is 5.40. The lowest BCUT2D eigenvalue weighted by Gasteiger charge is -2.24. The van der Waals surface area contributed by atoms with E-state index in [-0.39, 0.29) is 5.92 Å². The molecule has 1 atom stereocenters. The molecule has 0 aliphatic heterocycles. The second-order valence-electron chi connectivity index (χ2n) is 4.99. The van der Waals surface area contributed by atoms with Crippen LogP contribution in [0.4, 0.5) is 0 Å². The number of hydrogen-bond donors (Lipinski definition) is 1. The second kappa shape index (κ2) is 5.72. The van der Waals surface area contributed by atoms with Crippen LogP contribution in [-0.2, 0) is 11.3 Å². The summed E-state index contributed by atoms with van der Waals surface area (Å²) in [6.45, 7) is 3.08. The first-order valence-corrected chi connectivity index (χ1v) is 6.66. The summed E-state index contributed by atoms with van der Waals surface area (Å²) in [6, 6.07) is 8.29. The van der Waals surface area contributed by atoms with Crippen molar-refractivity contribution < 1.29 is 9.90 Å². The summed E-state index contributed by atoms with van der Waals surface area (Å²) >= 11 is 6.15. The molecule has 98 valence electrons. The van der Waals surface area contributed by atoms with Crippen LogP contribution in [0.1, 0.15) is 25.3 Å². The van der Waals surface area contributed by atoms with Gasteiger partial charge in [0, 0.05) is 24.2 Å². The SMILES string of the molecule is CC(CN(Cc1ccccc1Cl)C1CC1)C(=O)O. The third-order valence-electron chi connectivity index (χ3n) is 3.32. The van der Waals surface area contributed by atoms with Crippen molar-refractivity contribution in [1.29, 1.82) is 0 Å². The maximum atomic E-state index is 10.9. The summed E-state index contributed by atoms with van der Waals surface area (Å²) in [5.41, 5.74) is 1.07. The zero-order valence-corrected chi connectivity index (χ0v) is 11.2. The molecule has 3 nitrogen and oxygen atoms in total. The number of carboxylic acids is 1. The normalized spacial score (nSPS) is 16.8. The quantitative estimate of drug-likeness (QED) is 0.861. The fraction of sp³-hybridized carbons (Fsp3) is 0.500. The standard InChI is InChI=1S/C14H18ClNO2/c1-10(14(17)18)8-16(12-6-7-12)9-11-4-2-3-5-13(11)15/h2-5,10,12H,6-9H2,1H3,(H,17,18). The molecule has 1 aliphatic carbocycles. The Hall–Kier alpha value is -1.06. The number of halogens is 1. The van der Waals surface area contributed by atoms with Crippen LogP contribution in [0.15, 0.2) is 24.3 Å². The summed E-state index contributed by atoms with van der Waals surface area (Å²) < 4.78 is 0. The number of carboxylic acid groups (broad SMARTS) is 1. The zero-order valence-electron chi connectivity index (χ0n) is 10.5. The van der Waals surface area contributed by atoms with Gasteiger partial charge in [-0.2, -0.15) is 0 Å². The van der Waals surface area contributed by atoms with E-state index in [1.807, 2.05) is 24.3 Å². The van der Waals surface area contributed by atoms with E-state index in [4.69, 9.17) is 16.7 Å². The Kier molecular flexibility index (Phi) is 4.25. The Balaban J connectivity index is 2.03. The van der Waals surface area contributed by atoms with Gasteiger partial charge in [-0.05, 0) is 24.5 Å². The highest BCUT2D eigenvalue weighted by Crippen LogP contribution is 2.30. The summed E-state index contributed by atoms with van der Waals surface area (Å²) in [5, 5.41) is 9.76. The van der Waals surface area contributed by atoms with Crippen molar-refractivity contribution >= 4 is 17.6 Å². The van der Waals surface area contributed by atoms with Crippen molar-refractivity contribution in [2.24, 2.45) is 5.92 Å². The van der Waals surface area contributed by atoms with Gasteiger partial charge in [-0.3, -0.25) is 9.69 Å². The molecule has 1 aromatic carbocycles. The van der Waals surface area contributed by atoms with Gasteiger partial charge in [0.05, 0.1) is 5.92 Å². The van der Waals surface area contributed by atoms with E-state index in [1.54, 1.807) is 6.92 Å². The molecule has 0 spiro atoms. The van der Waals surface area contributed by atoms with E-state index in [0.29, 0.717) is 12.6 Å². The number of aliphatic carboxylic acids is 1. The Bertz CT molecular complexity index is 432. The molecule has 1 N–H and O–H groups in total. The maximum Gasteiger partial charge on any atom is 0.307 e. The van der Waals surface area contributed by atoms with Gasteiger partial charge in [0.2, 0.25) is 0 Å². The lowest BCUT2D eigenvalue weighted by Crippen LogP contribution is -2.33. The first-order valence-electron chi connectivity index (χ1n) is 6.28. The summed E-state index contributed by atoms with van der Waals surface area (Å²) in [5.74, 6) is -1.08. The van der Waals surface area contributed by atoms with E-state index < -0.39 is 5.97 Å². The molecule has 0 aromatic heterocycles. The fourth-order valence-electron chi connectivity index (χ4n) is 2.06. The molecule has 18 heavy (non-hydrogen) atoms. The fourth-order valence-corrected chi connectivity index (χ4v) is 2.25. The average Bonchev–Trinajstić information content (AvgIpc) is 3.14. The van der Waals surface area contributed by atoms with Gasteiger partial charge < -0.3 is 5.11 Å². The molecule has 0 saturated heterocycles. The highest BCUT2D eigenvalue weighted by atomic mass is 35.5. The zero-order chi connectivity index (χ0) is 13.1. The molecule has 4 heteroatoms. The molecule has 0 heterocycles. The molecule has 0 radical (unpaired) electrons. The maximum absolute atomic E-state index is 10.9. The van der Waals surface area contributed by atoms with Gasteiger partial charge in [-0.1, -0.05) is 36.7 Å². The topological polar surface area (TPSA) is 40.5 Å². The first kappa shape index (κ1) is 13.4. The van der Waals surface area contributed by atoms with E-state index in [1.165, 1.54) is 0 Å². The Morgan fingerprint density at radius 3 is 2.72 bits per heavy atom. The Morgan fingerprint density at radius 1 is 1.50 bits per heavy atom. The van der Waals surface area contributed by atoms with Crippen LogP contribution in [0.25, 0.3) is 0 Å². The van der Waals surface area contributed by atoms with Gasteiger partial charge in [-0.15, -0.1) is 0 Å². The van der Waals surface area contributed by atoms with Crippen molar-refractivity contribution in [3.63, 3.8) is 0 Å². The molecule has 0 bridgehead atoms. The van der Waals surface area contributed by atoms with Crippen LogP contribution in [-0.4, -0.2) is 28.6 Å². The smallest absolute Gasteiger partial charge is 0.307 e. The lowest BCUT2D eigenvalue weighted by molar-refractivity contribution is -0.141. The highest BCUT2D eigenvalue weighted by molar-refractivity contribution is 6.31. The van der Waals surface area contributed by atoms with E-state index in [9.17, 15) is 4.79 Å². The largest absolute Gasteiger partial charge is 0.481 e. The Labute approximate surface area is 112 Å². The monoisotopic (exact) mass is 267 g/mol. The van der Waals surface area contributed by atoms with E-state index in [0.717, 1.165) is 30.0 Å².